The fourth-order valence-electron chi connectivity index (χ4n) is 3.14. The summed E-state index contributed by atoms with van der Waals surface area (Å²) in [6, 6.07) is 4.12. The number of para-hydroxylation sites is 1. The highest BCUT2D eigenvalue weighted by Gasteiger charge is 2.20. The van der Waals surface area contributed by atoms with E-state index in [9.17, 15) is 20.0 Å². The van der Waals surface area contributed by atoms with E-state index in [1.54, 1.807) is 11.3 Å². The maximum absolute atomic E-state index is 12.8. The fourth-order valence-corrected chi connectivity index (χ4v) is 4.36. The lowest BCUT2D eigenvalue weighted by Gasteiger charge is -2.09. The number of hydrogen-bond acceptors (Lipinski definition) is 7. The van der Waals surface area contributed by atoms with Crippen molar-refractivity contribution in [1.29, 1.82) is 0 Å². The molecule has 8 nitrogen and oxygen atoms in total. The van der Waals surface area contributed by atoms with Crippen LogP contribution in [0.3, 0.4) is 0 Å². The number of aromatic nitrogens is 2. The SMILES string of the molecule is O=c1c2c3c(sc2ncn1/N=C\c1cccc([N+](=O)[O-])c1O)CCCC3. The van der Waals surface area contributed by atoms with Gasteiger partial charge in [-0.05, 0) is 37.3 Å². The van der Waals surface area contributed by atoms with Crippen molar-refractivity contribution in [2.24, 2.45) is 5.10 Å². The van der Waals surface area contributed by atoms with Crippen LogP contribution in [0.1, 0.15) is 28.8 Å². The smallest absolute Gasteiger partial charge is 0.311 e. The highest BCUT2D eigenvalue weighted by Crippen LogP contribution is 2.33. The molecule has 2 heterocycles. The number of fused-ring (bicyclic) bond motifs is 3. The van der Waals surface area contributed by atoms with Gasteiger partial charge >= 0.3 is 5.69 Å². The van der Waals surface area contributed by atoms with Gasteiger partial charge in [0.2, 0.25) is 5.75 Å². The molecule has 1 aromatic carbocycles. The van der Waals surface area contributed by atoms with Crippen molar-refractivity contribution in [2.75, 3.05) is 0 Å². The minimum atomic E-state index is -0.676. The molecule has 0 atom stereocenters. The number of rotatable bonds is 3. The third-order valence-corrected chi connectivity index (χ3v) is 5.62. The molecule has 132 valence electrons. The summed E-state index contributed by atoms with van der Waals surface area (Å²) in [5, 5.41) is 25.5. The van der Waals surface area contributed by atoms with Gasteiger partial charge in [0.05, 0.1) is 16.5 Å². The van der Waals surface area contributed by atoms with E-state index >= 15 is 0 Å². The van der Waals surface area contributed by atoms with Crippen molar-refractivity contribution < 1.29 is 10.0 Å². The Morgan fingerprint density at radius 1 is 1.35 bits per heavy atom. The van der Waals surface area contributed by atoms with Gasteiger partial charge in [-0.3, -0.25) is 14.9 Å². The molecule has 9 heteroatoms. The van der Waals surface area contributed by atoms with Gasteiger partial charge < -0.3 is 5.11 Å². The molecular weight excluding hydrogens is 356 g/mol. The van der Waals surface area contributed by atoms with Gasteiger partial charge in [-0.1, -0.05) is 6.07 Å². The molecule has 0 fully saturated rings. The minimum absolute atomic E-state index is 0.151. The van der Waals surface area contributed by atoms with Gasteiger partial charge in [0.15, 0.2) is 0 Å². The van der Waals surface area contributed by atoms with Crippen molar-refractivity contribution in [2.45, 2.75) is 25.7 Å². The van der Waals surface area contributed by atoms with E-state index in [-0.39, 0.29) is 11.1 Å². The molecule has 1 aliphatic rings. The third-order valence-electron chi connectivity index (χ3n) is 4.42. The minimum Gasteiger partial charge on any atom is -0.502 e. The fraction of sp³-hybridized carbons (Fsp3) is 0.235. The van der Waals surface area contributed by atoms with Crippen LogP contribution in [0, 0.1) is 10.1 Å². The number of phenols is 1. The molecule has 0 aliphatic heterocycles. The molecule has 1 aliphatic carbocycles. The molecule has 0 unspecified atom stereocenters. The van der Waals surface area contributed by atoms with Crippen LogP contribution in [0.15, 0.2) is 34.4 Å². The maximum Gasteiger partial charge on any atom is 0.311 e. The summed E-state index contributed by atoms with van der Waals surface area (Å²) in [6.45, 7) is 0. The lowest BCUT2D eigenvalue weighted by Crippen LogP contribution is -2.18. The molecule has 0 radical (unpaired) electrons. The molecule has 26 heavy (non-hydrogen) atoms. The second-order valence-electron chi connectivity index (χ2n) is 6.00. The summed E-state index contributed by atoms with van der Waals surface area (Å²) in [4.78, 5) is 29.3. The van der Waals surface area contributed by atoms with Crippen LogP contribution in [0.4, 0.5) is 5.69 Å². The Morgan fingerprint density at radius 2 is 2.15 bits per heavy atom. The second kappa shape index (κ2) is 6.34. The van der Waals surface area contributed by atoms with Crippen LogP contribution in [-0.2, 0) is 12.8 Å². The van der Waals surface area contributed by atoms with E-state index in [2.05, 4.69) is 10.1 Å². The number of thiophene rings is 1. The van der Waals surface area contributed by atoms with E-state index in [1.165, 1.54) is 35.6 Å². The Labute approximate surface area is 151 Å². The predicted molar refractivity (Wildman–Crippen MR) is 98.3 cm³/mol. The Bertz CT molecular complexity index is 1120. The van der Waals surface area contributed by atoms with Gasteiger partial charge in [-0.25, -0.2) is 4.98 Å². The van der Waals surface area contributed by atoms with Crippen molar-refractivity contribution in [3.8, 4) is 5.75 Å². The van der Waals surface area contributed by atoms with Gasteiger partial charge in [-0.15, -0.1) is 11.3 Å². The van der Waals surface area contributed by atoms with Gasteiger partial charge in [-0.2, -0.15) is 9.78 Å². The summed E-state index contributed by atoms with van der Waals surface area (Å²) in [7, 11) is 0. The predicted octanol–water partition coefficient (Wildman–Crippen LogP) is 2.83. The molecule has 0 saturated heterocycles. The van der Waals surface area contributed by atoms with Crippen molar-refractivity contribution >= 4 is 33.5 Å². The van der Waals surface area contributed by atoms with Crippen LogP contribution in [-0.4, -0.2) is 25.9 Å². The zero-order valence-corrected chi connectivity index (χ0v) is 14.4. The molecule has 4 rings (SSSR count). The number of nitro benzene ring substituents is 1. The summed E-state index contributed by atoms with van der Waals surface area (Å²) in [5.41, 5.74) is 0.535. The molecule has 0 bridgehead atoms. The molecule has 0 spiro atoms. The van der Waals surface area contributed by atoms with Crippen LogP contribution >= 0.6 is 11.3 Å². The number of nitrogens with zero attached hydrogens (tertiary/aromatic N) is 4. The van der Waals surface area contributed by atoms with E-state index < -0.39 is 16.4 Å². The van der Waals surface area contributed by atoms with E-state index in [0.29, 0.717) is 10.2 Å². The molecular formula is C17H14N4O4S. The van der Waals surface area contributed by atoms with Crippen molar-refractivity contribution in [3.63, 3.8) is 0 Å². The van der Waals surface area contributed by atoms with E-state index in [1.807, 2.05) is 0 Å². The first-order chi connectivity index (χ1) is 12.6. The lowest BCUT2D eigenvalue weighted by molar-refractivity contribution is -0.385. The van der Waals surface area contributed by atoms with E-state index in [0.717, 1.165) is 35.9 Å². The van der Waals surface area contributed by atoms with Crippen LogP contribution in [0.5, 0.6) is 5.75 Å². The summed E-state index contributed by atoms with van der Waals surface area (Å²) < 4.78 is 1.10. The van der Waals surface area contributed by atoms with Crippen LogP contribution < -0.4 is 5.56 Å². The zero-order chi connectivity index (χ0) is 18.3. The number of nitro groups is 1. The summed E-state index contributed by atoms with van der Waals surface area (Å²) >= 11 is 1.55. The number of benzene rings is 1. The summed E-state index contributed by atoms with van der Waals surface area (Å²) in [6.07, 6.45) is 6.57. The first kappa shape index (κ1) is 16.4. The van der Waals surface area contributed by atoms with Gasteiger partial charge in [0.1, 0.15) is 11.2 Å². The van der Waals surface area contributed by atoms with E-state index in [4.69, 9.17) is 0 Å². The largest absolute Gasteiger partial charge is 0.502 e. The summed E-state index contributed by atoms with van der Waals surface area (Å²) in [5.74, 6) is -0.490. The quantitative estimate of drug-likeness (QED) is 0.433. The Hall–Kier alpha value is -3.07. The topological polar surface area (TPSA) is 111 Å². The van der Waals surface area contributed by atoms with Crippen molar-refractivity contribution in [3.05, 3.63) is 61.0 Å². The van der Waals surface area contributed by atoms with Crippen LogP contribution in [0.25, 0.3) is 10.2 Å². The Kier molecular flexibility index (Phi) is 4.00. The normalized spacial score (nSPS) is 14.0. The third kappa shape index (κ3) is 2.66. The lowest BCUT2D eigenvalue weighted by atomic mass is 9.97. The van der Waals surface area contributed by atoms with Gasteiger partial charge in [0.25, 0.3) is 5.56 Å². The molecule has 1 N–H and O–H groups in total. The highest BCUT2D eigenvalue weighted by atomic mass is 32.1. The average molecular weight is 370 g/mol. The first-order valence-corrected chi connectivity index (χ1v) is 8.90. The monoisotopic (exact) mass is 370 g/mol. The maximum atomic E-state index is 12.8. The number of hydrogen-bond donors (Lipinski definition) is 1. The van der Waals surface area contributed by atoms with Crippen LogP contribution in [0.2, 0.25) is 0 Å². The van der Waals surface area contributed by atoms with Crippen molar-refractivity contribution in [1.82, 2.24) is 9.66 Å². The molecule has 2 aromatic heterocycles. The average Bonchev–Trinajstić information content (AvgIpc) is 3.01. The van der Waals surface area contributed by atoms with Gasteiger partial charge in [0, 0.05) is 16.5 Å². The Balaban J connectivity index is 1.78. The first-order valence-electron chi connectivity index (χ1n) is 8.09. The second-order valence-corrected chi connectivity index (χ2v) is 7.09. The molecule has 0 saturated carbocycles. The molecule has 3 aromatic rings. The molecule has 0 amide bonds. The number of aromatic hydroxyl groups is 1. The Morgan fingerprint density at radius 3 is 2.96 bits per heavy atom. The standard InChI is InChI=1S/C17H14N4O4S/c22-15-10(4-3-6-12(15)21(24)25)8-19-20-9-18-16-14(17(20)23)11-5-1-2-7-13(11)26-16/h3-4,6,8-9,22H,1-2,5,7H2/b19-8-. The highest BCUT2D eigenvalue weighted by molar-refractivity contribution is 7.18. The zero-order valence-electron chi connectivity index (χ0n) is 13.6. The number of aryl methyl sites for hydroxylation is 2. The number of phenolic OH excluding ortho intramolecular Hbond substituents is 1.